The van der Waals surface area contributed by atoms with Gasteiger partial charge in [0, 0.05) is 27.6 Å². The van der Waals surface area contributed by atoms with Crippen LogP contribution in [0.4, 0.5) is 11.4 Å². The number of hydrogen-bond donors (Lipinski definition) is 2. The van der Waals surface area contributed by atoms with Crippen LogP contribution < -0.4 is 15.5 Å². The summed E-state index contributed by atoms with van der Waals surface area (Å²) in [5.74, 6) is -1.38. The van der Waals surface area contributed by atoms with Gasteiger partial charge < -0.3 is 10.6 Å². The summed E-state index contributed by atoms with van der Waals surface area (Å²) in [6.45, 7) is 4.20. The summed E-state index contributed by atoms with van der Waals surface area (Å²) in [6.07, 6.45) is 1.61. The first-order chi connectivity index (χ1) is 21.6. The maximum Gasteiger partial charge on any atom is 0.272 e. The second-order valence-corrected chi connectivity index (χ2v) is 12.8. The Morgan fingerprint density at radius 3 is 2.36 bits per heavy atom. The van der Waals surface area contributed by atoms with E-state index in [1.54, 1.807) is 66.7 Å². The van der Waals surface area contributed by atoms with Crippen molar-refractivity contribution < 1.29 is 19.2 Å². The molecule has 1 fully saturated rings. The lowest BCUT2D eigenvalue weighted by molar-refractivity contribution is -0.121. The summed E-state index contributed by atoms with van der Waals surface area (Å²) in [4.78, 5) is 54.4. The number of rotatable bonds is 9. The first-order valence-corrected chi connectivity index (χ1v) is 15.8. The Morgan fingerprint density at radius 1 is 0.911 bits per heavy atom. The Kier molecular flexibility index (Phi) is 10.1. The third-order valence-corrected chi connectivity index (χ3v) is 8.80. The van der Waals surface area contributed by atoms with E-state index in [0.717, 1.165) is 16.0 Å². The van der Waals surface area contributed by atoms with Crippen LogP contribution in [0.1, 0.15) is 47.7 Å². The average Bonchev–Trinajstić information content (AvgIpc) is 3.30. The molecule has 1 aliphatic heterocycles. The minimum atomic E-state index is -0.687. The van der Waals surface area contributed by atoms with E-state index in [2.05, 4.69) is 24.5 Å². The van der Waals surface area contributed by atoms with Gasteiger partial charge in [0.25, 0.3) is 11.8 Å². The molecule has 1 saturated heterocycles. The van der Waals surface area contributed by atoms with Crippen LogP contribution in [-0.2, 0) is 14.4 Å². The molecule has 45 heavy (non-hydrogen) atoms. The van der Waals surface area contributed by atoms with E-state index in [-0.39, 0.29) is 28.7 Å². The highest BCUT2D eigenvalue weighted by Crippen LogP contribution is 2.38. The van der Waals surface area contributed by atoms with Crippen molar-refractivity contribution in [3.05, 3.63) is 129 Å². The Bertz CT molecular complexity index is 1790. The Morgan fingerprint density at radius 2 is 1.64 bits per heavy atom. The number of carbonyl (C=O) groups excluding carboxylic acids is 4. The first-order valence-electron chi connectivity index (χ1n) is 14.2. The van der Waals surface area contributed by atoms with Gasteiger partial charge in [0.15, 0.2) is 0 Å². The normalized spacial score (nSPS) is 15.0. The molecular weight excluding hydrogens is 629 g/mol. The van der Waals surface area contributed by atoms with Crippen LogP contribution in [0.15, 0.2) is 108 Å². The molecule has 7 nitrogen and oxygen atoms in total. The molecule has 0 unspecified atom stereocenters. The summed E-state index contributed by atoms with van der Waals surface area (Å²) in [7, 11) is 0. The molecule has 1 atom stereocenters. The predicted molar refractivity (Wildman–Crippen MR) is 181 cm³/mol. The lowest BCUT2D eigenvalue weighted by atomic mass is 10.0. The van der Waals surface area contributed by atoms with E-state index in [0.29, 0.717) is 27.1 Å². The van der Waals surface area contributed by atoms with Crippen LogP contribution in [0.25, 0.3) is 6.08 Å². The molecule has 5 rings (SSSR count). The van der Waals surface area contributed by atoms with Gasteiger partial charge in [0.05, 0.1) is 16.0 Å². The van der Waals surface area contributed by atoms with Gasteiger partial charge in [0.2, 0.25) is 11.8 Å². The molecule has 4 aromatic carbocycles. The smallest absolute Gasteiger partial charge is 0.272 e. The highest BCUT2D eigenvalue weighted by molar-refractivity contribution is 8.00. The number of anilines is 2. The number of imide groups is 1. The molecular formula is C35H29Cl2N3O4S. The monoisotopic (exact) mass is 657 g/mol. The highest BCUT2D eigenvalue weighted by Gasteiger charge is 2.41. The second-order valence-electron chi connectivity index (χ2n) is 10.7. The van der Waals surface area contributed by atoms with Crippen molar-refractivity contribution in [3.63, 3.8) is 0 Å². The molecule has 0 bridgehead atoms. The Labute approximate surface area is 275 Å². The van der Waals surface area contributed by atoms with Gasteiger partial charge in [-0.05, 0) is 71.7 Å². The molecule has 228 valence electrons. The summed E-state index contributed by atoms with van der Waals surface area (Å²) in [5, 5.41) is 5.52. The quantitative estimate of drug-likeness (QED) is 0.141. The van der Waals surface area contributed by atoms with Gasteiger partial charge in [-0.2, -0.15) is 0 Å². The summed E-state index contributed by atoms with van der Waals surface area (Å²) in [6, 6.07) is 28.0. The lowest BCUT2D eigenvalue weighted by Crippen LogP contribution is -2.31. The van der Waals surface area contributed by atoms with Crippen LogP contribution in [0.2, 0.25) is 10.0 Å². The lowest BCUT2D eigenvalue weighted by Gasteiger charge is -2.17. The zero-order valence-corrected chi connectivity index (χ0v) is 26.7. The van der Waals surface area contributed by atoms with Crippen LogP contribution in [0.3, 0.4) is 0 Å². The van der Waals surface area contributed by atoms with Crippen molar-refractivity contribution in [1.29, 1.82) is 0 Å². The van der Waals surface area contributed by atoms with Crippen LogP contribution in [0.5, 0.6) is 0 Å². The topological polar surface area (TPSA) is 95.6 Å². The third kappa shape index (κ3) is 7.84. The third-order valence-electron chi connectivity index (χ3n) is 7.07. The molecule has 0 saturated carbocycles. The number of carbonyl (C=O) groups is 4. The van der Waals surface area contributed by atoms with Crippen molar-refractivity contribution in [2.24, 2.45) is 0 Å². The van der Waals surface area contributed by atoms with Crippen molar-refractivity contribution in [1.82, 2.24) is 5.32 Å². The molecule has 1 heterocycles. The maximum absolute atomic E-state index is 13.5. The molecule has 0 aliphatic carbocycles. The summed E-state index contributed by atoms with van der Waals surface area (Å²) >= 11 is 13.6. The first kappa shape index (κ1) is 32.0. The van der Waals surface area contributed by atoms with Gasteiger partial charge in [-0.15, -0.1) is 11.8 Å². The number of thioether (sulfide) groups is 1. The van der Waals surface area contributed by atoms with Crippen molar-refractivity contribution >= 4 is 76.0 Å². The number of halogens is 2. The van der Waals surface area contributed by atoms with Gasteiger partial charge >= 0.3 is 0 Å². The fourth-order valence-corrected chi connectivity index (χ4v) is 6.18. The van der Waals surface area contributed by atoms with E-state index in [1.807, 2.05) is 24.3 Å². The van der Waals surface area contributed by atoms with Crippen LogP contribution in [0, 0.1) is 0 Å². The number of nitrogens with zero attached hydrogens (tertiary/aromatic N) is 1. The predicted octanol–water partition coefficient (Wildman–Crippen LogP) is 7.95. The molecule has 0 radical (unpaired) electrons. The molecule has 0 spiro atoms. The zero-order valence-electron chi connectivity index (χ0n) is 24.4. The Balaban J connectivity index is 1.34. The van der Waals surface area contributed by atoms with Gasteiger partial charge in [-0.3, -0.25) is 19.2 Å². The van der Waals surface area contributed by atoms with Crippen molar-refractivity contribution in [2.45, 2.75) is 36.3 Å². The minimum Gasteiger partial charge on any atom is -0.321 e. The fourth-order valence-electron chi connectivity index (χ4n) is 4.70. The van der Waals surface area contributed by atoms with E-state index in [4.69, 9.17) is 23.2 Å². The van der Waals surface area contributed by atoms with E-state index >= 15 is 0 Å². The Hall–Kier alpha value is -4.37. The van der Waals surface area contributed by atoms with Crippen molar-refractivity contribution in [2.75, 3.05) is 10.2 Å². The fraction of sp³-hybridized carbons (Fsp3) is 0.143. The molecule has 10 heteroatoms. The molecule has 4 aromatic rings. The molecule has 4 amide bonds. The largest absolute Gasteiger partial charge is 0.321 e. The number of benzene rings is 4. The maximum atomic E-state index is 13.5. The second kappa shape index (κ2) is 14.2. The van der Waals surface area contributed by atoms with Gasteiger partial charge in [-0.1, -0.05) is 85.6 Å². The summed E-state index contributed by atoms with van der Waals surface area (Å²) in [5.41, 5.74) is 3.07. The molecule has 1 aliphatic rings. The molecule has 0 aromatic heterocycles. The zero-order chi connectivity index (χ0) is 32.1. The number of hydrogen-bond acceptors (Lipinski definition) is 5. The van der Waals surface area contributed by atoms with Gasteiger partial charge in [0.1, 0.15) is 5.70 Å². The van der Waals surface area contributed by atoms with E-state index in [9.17, 15) is 19.2 Å². The highest BCUT2D eigenvalue weighted by atomic mass is 35.5. The van der Waals surface area contributed by atoms with E-state index in [1.165, 1.54) is 23.9 Å². The summed E-state index contributed by atoms with van der Waals surface area (Å²) < 4.78 is 0. The number of nitrogens with one attached hydrogen (secondary N) is 2. The van der Waals surface area contributed by atoms with Crippen molar-refractivity contribution in [3.8, 4) is 0 Å². The van der Waals surface area contributed by atoms with E-state index < -0.39 is 23.0 Å². The SMILES string of the molecule is CC(C)c1ccc(/C=C(\NC(=O)c2ccccc2)C(=O)Nc2cccc(S[C@@H]3CC(=O)N(c4cc(Cl)ccc4Cl)C3=O)c2)cc1. The van der Waals surface area contributed by atoms with Crippen LogP contribution >= 0.6 is 35.0 Å². The minimum absolute atomic E-state index is 0.0169. The van der Waals surface area contributed by atoms with Gasteiger partial charge in [-0.25, -0.2) is 4.90 Å². The number of amides is 4. The van der Waals surface area contributed by atoms with Crippen LogP contribution in [-0.4, -0.2) is 28.9 Å². The average molecular weight is 659 g/mol. The molecule has 2 N–H and O–H groups in total. The standard InChI is InChI=1S/C35H29Cl2N3O4S/c1-21(2)23-13-11-22(12-14-23)17-29(39-33(42)24-7-4-3-5-8-24)34(43)38-26-9-6-10-27(19-26)45-31-20-32(41)40(35(31)44)30-18-25(36)15-16-28(30)37/h3-19,21,31H,20H2,1-2H3,(H,38,43)(H,39,42)/b29-17-/t31-/m1/s1.